The van der Waals surface area contributed by atoms with Crippen LogP contribution in [0.4, 0.5) is 0 Å². The number of esters is 1. The van der Waals surface area contributed by atoms with Crippen LogP contribution in [0.25, 0.3) is 0 Å². The summed E-state index contributed by atoms with van der Waals surface area (Å²) in [5.41, 5.74) is 0. The molecule has 67 heavy (non-hydrogen) atoms. The van der Waals surface area contributed by atoms with E-state index in [0.29, 0.717) is 13.0 Å². The SMILES string of the molecule is CC/C=C\C/C=C\C/C=C\C/C=C\CCCCCCCCC(=O)OC(COCCCCCCCC/C=C\CCCCCC)COC1OC(COC2OC(CO)C(O)C(O)C2O)C(O)C(O)C1O. The molecule has 2 saturated heterocycles. The van der Waals surface area contributed by atoms with Gasteiger partial charge in [0, 0.05) is 13.0 Å². The van der Waals surface area contributed by atoms with Gasteiger partial charge in [-0.3, -0.25) is 4.79 Å². The van der Waals surface area contributed by atoms with Crippen LogP contribution in [-0.4, -0.2) is 142 Å². The number of ether oxygens (including phenoxy) is 6. The maximum atomic E-state index is 13.0. The molecule has 2 rings (SSSR count). The van der Waals surface area contributed by atoms with Crippen molar-refractivity contribution in [1.82, 2.24) is 0 Å². The molecule has 2 heterocycles. The topological polar surface area (TPSA) is 214 Å². The number of hydrogen-bond acceptors (Lipinski definition) is 14. The third kappa shape index (κ3) is 28.2. The van der Waals surface area contributed by atoms with Gasteiger partial charge in [-0.2, -0.15) is 0 Å². The van der Waals surface area contributed by atoms with Crippen molar-refractivity contribution >= 4 is 5.97 Å². The Balaban J connectivity index is 1.77. The van der Waals surface area contributed by atoms with E-state index in [1.54, 1.807) is 0 Å². The van der Waals surface area contributed by atoms with E-state index in [1.165, 1.54) is 51.4 Å². The highest BCUT2D eigenvalue weighted by Gasteiger charge is 2.47. The molecule has 2 aliphatic heterocycles. The maximum absolute atomic E-state index is 13.0. The van der Waals surface area contributed by atoms with E-state index < -0.39 is 86.7 Å². The second-order valence-electron chi connectivity index (χ2n) is 18.0. The summed E-state index contributed by atoms with van der Waals surface area (Å²) in [7, 11) is 0. The van der Waals surface area contributed by atoms with Crippen LogP contribution in [0.15, 0.2) is 60.8 Å². The Kier molecular flexibility index (Phi) is 36.7. The van der Waals surface area contributed by atoms with E-state index in [4.69, 9.17) is 28.4 Å². The lowest BCUT2D eigenvalue weighted by atomic mass is 9.98. The van der Waals surface area contributed by atoms with Gasteiger partial charge in [0.25, 0.3) is 0 Å². The predicted octanol–water partition coefficient (Wildman–Crippen LogP) is 7.74. The van der Waals surface area contributed by atoms with Crippen LogP contribution in [0.5, 0.6) is 0 Å². The first kappa shape index (κ1) is 60.8. The minimum Gasteiger partial charge on any atom is -0.457 e. The Morgan fingerprint density at radius 2 is 0.970 bits per heavy atom. The van der Waals surface area contributed by atoms with E-state index in [0.717, 1.165) is 89.9 Å². The summed E-state index contributed by atoms with van der Waals surface area (Å²) < 4.78 is 34.3. The molecule has 2 aliphatic rings. The fourth-order valence-corrected chi connectivity index (χ4v) is 7.80. The Morgan fingerprint density at radius 3 is 1.54 bits per heavy atom. The van der Waals surface area contributed by atoms with Gasteiger partial charge in [-0.1, -0.05) is 145 Å². The first-order valence-electron chi connectivity index (χ1n) is 25.9. The van der Waals surface area contributed by atoms with E-state index in [-0.39, 0.29) is 19.6 Å². The molecular weight excluding hydrogens is 861 g/mol. The third-order valence-electron chi connectivity index (χ3n) is 12.0. The number of allylic oxidation sites excluding steroid dienone is 10. The number of carbonyl (C=O) groups excluding carboxylic acids is 1. The average Bonchev–Trinajstić information content (AvgIpc) is 3.32. The van der Waals surface area contributed by atoms with Crippen molar-refractivity contribution in [2.45, 2.75) is 235 Å². The Bertz CT molecular complexity index is 1340. The van der Waals surface area contributed by atoms with Gasteiger partial charge in [0.05, 0.1) is 26.4 Å². The van der Waals surface area contributed by atoms with Crippen molar-refractivity contribution in [3.05, 3.63) is 60.8 Å². The zero-order valence-electron chi connectivity index (χ0n) is 41.1. The highest BCUT2D eigenvalue weighted by molar-refractivity contribution is 5.69. The molecular formula is C53H92O14. The quantitative estimate of drug-likeness (QED) is 0.0178. The average molecular weight is 953 g/mol. The van der Waals surface area contributed by atoms with Gasteiger partial charge in [-0.15, -0.1) is 0 Å². The Morgan fingerprint density at radius 1 is 0.507 bits per heavy atom. The zero-order valence-corrected chi connectivity index (χ0v) is 41.1. The van der Waals surface area contributed by atoms with Crippen LogP contribution in [0, 0.1) is 0 Å². The lowest BCUT2D eigenvalue weighted by Gasteiger charge is -2.42. The van der Waals surface area contributed by atoms with Crippen molar-refractivity contribution in [3.63, 3.8) is 0 Å². The molecule has 14 heteroatoms. The lowest BCUT2D eigenvalue weighted by molar-refractivity contribution is -0.332. The summed E-state index contributed by atoms with van der Waals surface area (Å²) in [5, 5.41) is 72.1. The van der Waals surface area contributed by atoms with E-state index >= 15 is 0 Å². The minimum absolute atomic E-state index is 0.0490. The van der Waals surface area contributed by atoms with Crippen molar-refractivity contribution in [1.29, 1.82) is 0 Å². The van der Waals surface area contributed by atoms with Gasteiger partial charge in [-0.05, 0) is 77.0 Å². The molecule has 0 saturated carbocycles. The molecule has 0 aromatic carbocycles. The third-order valence-corrected chi connectivity index (χ3v) is 12.0. The van der Waals surface area contributed by atoms with Crippen molar-refractivity contribution in [3.8, 4) is 0 Å². The van der Waals surface area contributed by atoms with Crippen LogP contribution < -0.4 is 0 Å². The standard InChI is InChI=1S/C53H92O14/c1-3-5-7-9-11-13-15-17-19-20-21-22-23-24-26-28-30-32-34-36-45(55)65-42(39-62-37-35-33-31-29-27-25-18-16-14-12-10-8-6-4-2)40-63-52-51(61)49(59)47(57)44(67-52)41-64-53-50(60)48(58)46(56)43(38-54)66-53/h5,7,11,13-14,16-17,19,21-22,42-44,46-54,56-61H,3-4,6,8-10,12,15,18,20,23-41H2,1-2H3/b7-5-,13-11-,16-14-,19-17-,22-21-. The maximum Gasteiger partial charge on any atom is 0.306 e. The van der Waals surface area contributed by atoms with Crippen molar-refractivity contribution in [2.24, 2.45) is 0 Å². The zero-order chi connectivity index (χ0) is 48.7. The van der Waals surface area contributed by atoms with Gasteiger partial charge in [0.15, 0.2) is 12.6 Å². The molecule has 0 bridgehead atoms. The molecule has 0 radical (unpaired) electrons. The summed E-state index contributed by atoms with van der Waals surface area (Å²) in [6, 6.07) is 0. The number of aliphatic hydroxyl groups excluding tert-OH is 7. The van der Waals surface area contributed by atoms with E-state index in [2.05, 4.69) is 74.6 Å². The Hall–Kier alpha value is -2.31. The number of carbonyl (C=O) groups is 1. The molecule has 0 aromatic rings. The molecule has 14 nitrogen and oxygen atoms in total. The second kappa shape index (κ2) is 40.4. The van der Waals surface area contributed by atoms with Crippen LogP contribution >= 0.6 is 0 Å². The molecule has 0 spiro atoms. The summed E-state index contributed by atoms with van der Waals surface area (Å²) in [6.45, 7) is 3.52. The molecule has 0 amide bonds. The fraction of sp³-hybridized carbons (Fsp3) is 0.792. The van der Waals surface area contributed by atoms with E-state index in [9.17, 15) is 40.5 Å². The fourth-order valence-electron chi connectivity index (χ4n) is 7.80. The van der Waals surface area contributed by atoms with Gasteiger partial charge in [-0.25, -0.2) is 0 Å². The highest BCUT2D eigenvalue weighted by atomic mass is 16.7. The first-order chi connectivity index (χ1) is 32.6. The summed E-state index contributed by atoms with van der Waals surface area (Å²) in [5.74, 6) is -0.394. The molecule has 0 aromatic heterocycles. The number of rotatable bonds is 40. The predicted molar refractivity (Wildman–Crippen MR) is 261 cm³/mol. The first-order valence-corrected chi connectivity index (χ1v) is 25.9. The van der Waals surface area contributed by atoms with Crippen LogP contribution in [0.1, 0.15) is 168 Å². The van der Waals surface area contributed by atoms with Crippen LogP contribution in [-0.2, 0) is 33.2 Å². The van der Waals surface area contributed by atoms with Crippen molar-refractivity contribution < 1.29 is 69.0 Å². The monoisotopic (exact) mass is 953 g/mol. The molecule has 11 unspecified atom stereocenters. The summed E-state index contributed by atoms with van der Waals surface area (Å²) in [6.07, 6.45) is 31.3. The van der Waals surface area contributed by atoms with Crippen molar-refractivity contribution in [2.75, 3.05) is 33.0 Å². The van der Waals surface area contributed by atoms with Gasteiger partial charge in [0.2, 0.25) is 0 Å². The number of unbranched alkanes of at least 4 members (excludes halogenated alkanes) is 16. The second-order valence-corrected chi connectivity index (χ2v) is 18.0. The lowest BCUT2D eigenvalue weighted by Crippen LogP contribution is -2.61. The summed E-state index contributed by atoms with van der Waals surface area (Å²) >= 11 is 0. The molecule has 0 aliphatic carbocycles. The van der Waals surface area contributed by atoms with Gasteiger partial charge < -0.3 is 64.2 Å². The molecule has 2 fully saturated rings. The molecule has 11 atom stereocenters. The molecule has 388 valence electrons. The smallest absolute Gasteiger partial charge is 0.306 e. The Labute approximate surface area is 403 Å². The number of hydrogen-bond donors (Lipinski definition) is 7. The minimum atomic E-state index is -1.71. The highest BCUT2D eigenvalue weighted by Crippen LogP contribution is 2.26. The van der Waals surface area contributed by atoms with E-state index in [1.807, 2.05) is 0 Å². The number of aliphatic hydroxyl groups is 7. The summed E-state index contributed by atoms with van der Waals surface area (Å²) in [4.78, 5) is 13.0. The van der Waals surface area contributed by atoms with Crippen LogP contribution in [0.2, 0.25) is 0 Å². The molecule has 7 N–H and O–H groups in total. The van der Waals surface area contributed by atoms with Gasteiger partial charge >= 0.3 is 5.97 Å². The largest absolute Gasteiger partial charge is 0.457 e. The van der Waals surface area contributed by atoms with Crippen LogP contribution in [0.3, 0.4) is 0 Å². The normalized spacial score (nSPS) is 26.6. The van der Waals surface area contributed by atoms with Gasteiger partial charge in [0.1, 0.15) is 54.9 Å².